The van der Waals surface area contributed by atoms with Gasteiger partial charge in [-0.25, -0.2) is 9.13 Å². The van der Waals surface area contributed by atoms with Gasteiger partial charge in [0.2, 0.25) is 0 Å². The Morgan fingerprint density at radius 3 is 0.600 bits per heavy atom. The van der Waals surface area contributed by atoms with Gasteiger partial charge in [0.15, 0.2) is 0 Å². The van der Waals surface area contributed by atoms with Gasteiger partial charge in [0.05, 0.1) is 0 Å². The van der Waals surface area contributed by atoms with E-state index in [0.717, 1.165) is 0 Å². The van der Waals surface area contributed by atoms with E-state index in [4.69, 9.17) is 38.5 Å². The maximum atomic E-state index is 8.88. The molecule has 8 nitrogen and oxygen atoms in total. The van der Waals surface area contributed by atoms with Crippen molar-refractivity contribution in [2.45, 2.75) is 0 Å². The topological polar surface area (TPSA) is 156 Å². The molecule has 0 bridgehead atoms. The van der Waals surface area contributed by atoms with Gasteiger partial charge in [-0.05, 0) is 0 Å². The van der Waals surface area contributed by atoms with Crippen molar-refractivity contribution in [3.05, 3.63) is 0 Å². The van der Waals surface area contributed by atoms with Crippen LogP contribution in [0.2, 0.25) is 0 Å². The van der Waals surface area contributed by atoms with Crippen LogP contribution in [0.4, 0.5) is 0 Å². The normalized spacial score (nSPS) is 7.87. The molecule has 15 heavy (non-hydrogen) atoms. The summed E-state index contributed by atoms with van der Waals surface area (Å²) in [7, 11) is -9.28. The fourth-order valence-electron chi connectivity index (χ4n) is 0. The molecule has 0 radical (unpaired) electrons. The molecule has 0 aromatic rings. The van der Waals surface area contributed by atoms with Crippen molar-refractivity contribution in [2.75, 3.05) is 0 Å². The van der Waals surface area contributed by atoms with Gasteiger partial charge in [0, 0.05) is 0 Å². The van der Waals surface area contributed by atoms with E-state index in [-0.39, 0.29) is 199 Å². The Labute approximate surface area is 246 Å². The Morgan fingerprint density at radius 1 is 0.600 bits per heavy atom. The van der Waals surface area contributed by atoms with Crippen LogP contribution < -0.4 is 191 Å². The van der Waals surface area contributed by atoms with E-state index < -0.39 is 15.6 Å². The van der Waals surface area contributed by atoms with Crippen molar-refractivity contribution in [2.24, 2.45) is 0 Å². The van der Waals surface area contributed by atoms with Gasteiger partial charge >= 0.3 is 207 Å². The van der Waals surface area contributed by atoms with Gasteiger partial charge in [-0.15, -0.1) is 0 Å². The Hall–Kier alpha value is 6.49. The molecule has 0 aliphatic heterocycles. The standard InChI is InChI=1S/2K.3Na.2H3O4P.5H/c;;;;;2*1-5(2,3)4;;;;;/h;;;;;2*(H3,1,2,3,4);;;;;/q5*+1;;;5*-1. The van der Waals surface area contributed by atoms with Crippen LogP contribution in [0.5, 0.6) is 0 Å². The molecule has 6 N–H and O–H groups in total. The number of hydrogen-bond donors (Lipinski definition) is 6. The average molecular weight is 348 g/mol. The quantitative estimate of drug-likeness (QED) is 0.186. The minimum atomic E-state index is -4.64. The van der Waals surface area contributed by atoms with Crippen LogP contribution in [0.1, 0.15) is 7.13 Å². The Morgan fingerprint density at radius 2 is 0.600 bits per heavy atom. The molecule has 0 unspecified atom stereocenters. The monoisotopic (exact) mass is 348 g/mol. The van der Waals surface area contributed by atoms with Crippen molar-refractivity contribution >= 4 is 15.6 Å². The zero-order valence-corrected chi connectivity index (χ0v) is 23.4. The van der Waals surface area contributed by atoms with Gasteiger partial charge in [-0.1, -0.05) is 0 Å². The van der Waals surface area contributed by atoms with Crippen LogP contribution >= 0.6 is 15.6 Å². The predicted molar refractivity (Wildman–Crippen MR) is 34.1 cm³/mol. The molecule has 0 heterocycles. The smallest absolute Gasteiger partial charge is 1.00 e. The van der Waals surface area contributed by atoms with Crippen LogP contribution in [0.25, 0.3) is 0 Å². The molecular formula is H11K2Na3O8P2. The van der Waals surface area contributed by atoms with Crippen molar-refractivity contribution in [1.29, 1.82) is 0 Å². The Bertz CT molecular complexity index is 154. The zero-order valence-electron chi connectivity index (χ0n) is 14.4. The van der Waals surface area contributed by atoms with Gasteiger partial charge in [0.1, 0.15) is 0 Å². The van der Waals surface area contributed by atoms with Crippen LogP contribution in [0.15, 0.2) is 0 Å². The van der Waals surface area contributed by atoms with E-state index in [1.807, 2.05) is 0 Å². The molecule has 0 aromatic heterocycles. The third-order valence-electron chi connectivity index (χ3n) is 0. The fourth-order valence-corrected chi connectivity index (χ4v) is 0. The molecule has 0 spiro atoms. The van der Waals surface area contributed by atoms with Gasteiger partial charge in [-0.2, -0.15) is 0 Å². The Kier molecular flexibility index (Phi) is 65.2. The van der Waals surface area contributed by atoms with Crippen molar-refractivity contribution < 1.29 is 237 Å². The average Bonchev–Trinajstić information content (AvgIpc) is 1.12. The van der Waals surface area contributed by atoms with Crippen LogP contribution in [-0.2, 0) is 9.13 Å². The van der Waals surface area contributed by atoms with Crippen molar-refractivity contribution in [3.8, 4) is 0 Å². The second kappa shape index (κ2) is 22.8. The van der Waals surface area contributed by atoms with E-state index in [2.05, 4.69) is 0 Å². The second-order valence-electron chi connectivity index (χ2n) is 1.03. The van der Waals surface area contributed by atoms with E-state index in [1.165, 1.54) is 0 Å². The molecule has 0 aliphatic rings. The molecule has 0 fully saturated rings. The summed E-state index contributed by atoms with van der Waals surface area (Å²) < 4.78 is 17.8. The summed E-state index contributed by atoms with van der Waals surface area (Å²) >= 11 is 0. The summed E-state index contributed by atoms with van der Waals surface area (Å²) in [6.45, 7) is 0. The summed E-state index contributed by atoms with van der Waals surface area (Å²) in [5.41, 5.74) is 0. The first-order valence-electron chi connectivity index (χ1n) is 1.57. The molecule has 0 saturated carbocycles. The SMILES string of the molecule is O=P(O)(O)O.O=P(O)(O)O.[H-].[H-].[H-].[H-].[H-].[K+].[K+].[Na+].[Na+].[Na+]. The van der Waals surface area contributed by atoms with Crippen molar-refractivity contribution in [3.63, 3.8) is 0 Å². The summed E-state index contributed by atoms with van der Waals surface area (Å²) in [6.07, 6.45) is 0. The predicted octanol–water partition coefficient (Wildman–Crippen LogP) is -16.3. The maximum Gasteiger partial charge on any atom is 1.00 e. The zero-order chi connectivity index (χ0) is 9.00. The van der Waals surface area contributed by atoms with Crippen LogP contribution in [0, 0.1) is 0 Å². The van der Waals surface area contributed by atoms with Crippen LogP contribution in [0.3, 0.4) is 0 Å². The fraction of sp³-hybridized carbons (Fsp3) is 0. The van der Waals surface area contributed by atoms with E-state index in [0.29, 0.717) is 0 Å². The van der Waals surface area contributed by atoms with Gasteiger partial charge in [-0.3, -0.25) is 0 Å². The minimum absolute atomic E-state index is 0. The molecular weight excluding hydrogens is 337 g/mol. The van der Waals surface area contributed by atoms with E-state index in [1.54, 1.807) is 0 Å². The molecule has 0 aromatic carbocycles. The molecule has 15 heteroatoms. The molecule has 74 valence electrons. The summed E-state index contributed by atoms with van der Waals surface area (Å²) in [4.78, 5) is 43.1. The van der Waals surface area contributed by atoms with Crippen molar-refractivity contribution in [1.82, 2.24) is 0 Å². The molecule has 0 amide bonds. The largest absolute Gasteiger partial charge is 1.00 e. The van der Waals surface area contributed by atoms with E-state index in [9.17, 15) is 0 Å². The molecule has 0 rings (SSSR count). The first-order chi connectivity index (χ1) is 4.00. The summed E-state index contributed by atoms with van der Waals surface area (Å²) in [5, 5.41) is 0. The first kappa shape index (κ1) is 43.0. The molecule has 0 aliphatic carbocycles. The summed E-state index contributed by atoms with van der Waals surface area (Å²) in [5.74, 6) is 0. The third-order valence-corrected chi connectivity index (χ3v) is 0. The third kappa shape index (κ3) is 166. The van der Waals surface area contributed by atoms with Gasteiger partial charge < -0.3 is 36.5 Å². The first-order valence-corrected chi connectivity index (χ1v) is 4.70. The number of hydrogen-bond acceptors (Lipinski definition) is 2. The summed E-state index contributed by atoms with van der Waals surface area (Å²) in [6, 6.07) is 0. The molecule has 0 saturated heterocycles. The van der Waals surface area contributed by atoms with E-state index >= 15 is 0 Å². The maximum absolute atomic E-state index is 8.88. The second-order valence-corrected chi connectivity index (χ2v) is 3.08. The number of phosphoric acid groups is 2. The minimum Gasteiger partial charge on any atom is -1.00 e. The Balaban J connectivity index is -0.00000000427. The molecule has 0 atom stereocenters. The van der Waals surface area contributed by atoms with Gasteiger partial charge in [0.25, 0.3) is 0 Å². The van der Waals surface area contributed by atoms with Crippen LogP contribution in [-0.4, -0.2) is 29.4 Å². The number of rotatable bonds is 0.